The highest BCUT2D eigenvalue weighted by molar-refractivity contribution is 5.77. The molecular weight excluding hydrogens is 230 g/mol. The summed E-state index contributed by atoms with van der Waals surface area (Å²) < 4.78 is 4.91. The highest BCUT2D eigenvalue weighted by atomic mass is 16.6. The molecule has 0 saturated heterocycles. The molecule has 0 fully saturated rings. The fourth-order valence-electron chi connectivity index (χ4n) is 1.09. The van der Waals surface area contributed by atoms with Crippen LogP contribution in [-0.2, 0) is 4.79 Å². The quantitative estimate of drug-likeness (QED) is 0.471. The monoisotopic (exact) mass is 239 g/mol. The first-order valence-corrected chi connectivity index (χ1v) is 4.58. The third-order valence-corrected chi connectivity index (χ3v) is 1.97. The number of rotatable bonds is 5. The zero-order chi connectivity index (χ0) is 13.0. The molecule has 1 atom stereocenters. The van der Waals surface area contributed by atoms with Crippen LogP contribution in [0.25, 0.3) is 0 Å². The number of carboxylic acid groups (broad SMARTS) is 1. The Balaban J connectivity index is 3.10. The molecule has 0 aliphatic rings. The molecule has 1 aromatic carbocycles. The normalized spacial score (nSPS) is 11.6. The maximum atomic E-state index is 10.7. The third-order valence-electron chi connectivity index (χ3n) is 1.97. The lowest BCUT2D eigenvalue weighted by Gasteiger charge is -2.10. The lowest BCUT2D eigenvalue weighted by Crippen LogP contribution is -2.23. The summed E-state index contributed by atoms with van der Waals surface area (Å²) in [5.74, 6) is -1.42. The molecule has 0 amide bonds. The van der Waals surface area contributed by atoms with Crippen LogP contribution in [0.15, 0.2) is 18.2 Å². The Kier molecular flexibility index (Phi) is 3.76. The number of carboxylic acids is 1. The second kappa shape index (κ2) is 5.06. The number of carbonyl (C=O) groups excluding carboxylic acids is 1. The molecular formula is C10H9NO6. The second-order valence-electron chi connectivity index (χ2n) is 3.20. The van der Waals surface area contributed by atoms with Gasteiger partial charge in [-0.1, -0.05) is 0 Å². The van der Waals surface area contributed by atoms with E-state index in [9.17, 15) is 19.7 Å². The largest absolute Gasteiger partial charge is 0.479 e. The summed E-state index contributed by atoms with van der Waals surface area (Å²) in [4.78, 5) is 31.0. The first kappa shape index (κ1) is 12.6. The van der Waals surface area contributed by atoms with Crippen molar-refractivity contribution in [2.24, 2.45) is 0 Å². The molecule has 7 nitrogen and oxygen atoms in total. The van der Waals surface area contributed by atoms with Crippen molar-refractivity contribution in [1.82, 2.24) is 0 Å². The first-order valence-electron chi connectivity index (χ1n) is 4.58. The maximum Gasteiger partial charge on any atom is 0.344 e. The van der Waals surface area contributed by atoms with Crippen molar-refractivity contribution < 1.29 is 24.4 Å². The zero-order valence-corrected chi connectivity index (χ0v) is 8.82. The average Bonchev–Trinajstić information content (AvgIpc) is 2.29. The molecule has 0 heterocycles. The maximum absolute atomic E-state index is 10.7. The number of nitro benzene ring substituents is 1. The lowest BCUT2D eigenvalue weighted by molar-refractivity contribution is -0.386. The molecule has 1 aromatic rings. The van der Waals surface area contributed by atoms with E-state index in [1.165, 1.54) is 19.1 Å². The fraction of sp³-hybridized carbons (Fsp3) is 0.200. The van der Waals surface area contributed by atoms with Gasteiger partial charge in [-0.25, -0.2) is 4.79 Å². The molecule has 0 spiro atoms. The van der Waals surface area contributed by atoms with Crippen molar-refractivity contribution in [2.45, 2.75) is 13.0 Å². The standard InChI is InChI=1S/C10H9NO6/c1-6(10(13)14)17-9-3-2-7(5-12)4-8(9)11(15)16/h2-6H,1H3,(H,13,14). The summed E-state index contributed by atoms with van der Waals surface area (Å²) in [5, 5.41) is 19.3. The summed E-state index contributed by atoms with van der Waals surface area (Å²) in [6, 6.07) is 3.53. The Morgan fingerprint density at radius 1 is 1.59 bits per heavy atom. The summed E-state index contributed by atoms with van der Waals surface area (Å²) >= 11 is 0. The molecule has 0 aliphatic carbocycles. The fourth-order valence-corrected chi connectivity index (χ4v) is 1.09. The number of hydrogen-bond donors (Lipinski definition) is 1. The van der Waals surface area contributed by atoms with Gasteiger partial charge in [-0.15, -0.1) is 0 Å². The van der Waals surface area contributed by atoms with Gasteiger partial charge in [0.05, 0.1) is 4.92 Å². The predicted molar refractivity (Wildman–Crippen MR) is 56.2 cm³/mol. The van der Waals surface area contributed by atoms with E-state index in [-0.39, 0.29) is 11.3 Å². The number of aldehydes is 1. The van der Waals surface area contributed by atoms with Gasteiger partial charge in [0, 0.05) is 11.6 Å². The van der Waals surface area contributed by atoms with Crippen LogP contribution < -0.4 is 4.74 Å². The molecule has 1 unspecified atom stereocenters. The number of carbonyl (C=O) groups is 2. The number of benzene rings is 1. The smallest absolute Gasteiger partial charge is 0.344 e. The predicted octanol–water partition coefficient (Wildman–Crippen LogP) is 1.26. The molecule has 90 valence electrons. The Morgan fingerprint density at radius 3 is 2.71 bits per heavy atom. The molecule has 0 bridgehead atoms. The average molecular weight is 239 g/mol. The Labute approximate surface area is 95.8 Å². The number of aliphatic carboxylic acids is 1. The molecule has 0 saturated carbocycles. The van der Waals surface area contributed by atoms with Gasteiger partial charge in [-0.3, -0.25) is 14.9 Å². The van der Waals surface area contributed by atoms with E-state index in [4.69, 9.17) is 9.84 Å². The van der Waals surface area contributed by atoms with Crippen molar-refractivity contribution in [3.8, 4) is 5.75 Å². The van der Waals surface area contributed by atoms with E-state index in [1.54, 1.807) is 0 Å². The van der Waals surface area contributed by atoms with Gasteiger partial charge < -0.3 is 9.84 Å². The van der Waals surface area contributed by atoms with E-state index < -0.39 is 22.7 Å². The number of nitro groups is 1. The molecule has 0 aromatic heterocycles. The summed E-state index contributed by atoms with van der Waals surface area (Å²) in [7, 11) is 0. The van der Waals surface area contributed by atoms with Crippen LogP contribution in [0.5, 0.6) is 5.75 Å². The highest BCUT2D eigenvalue weighted by Gasteiger charge is 2.20. The molecule has 7 heteroatoms. The van der Waals surface area contributed by atoms with Crippen molar-refractivity contribution in [3.05, 3.63) is 33.9 Å². The molecule has 1 rings (SSSR count). The minimum Gasteiger partial charge on any atom is -0.479 e. The number of hydrogen-bond acceptors (Lipinski definition) is 5. The summed E-state index contributed by atoms with van der Waals surface area (Å²) in [6.07, 6.45) is -0.756. The van der Waals surface area contributed by atoms with Crippen LogP contribution in [0, 0.1) is 10.1 Å². The van der Waals surface area contributed by atoms with Gasteiger partial charge in [-0.05, 0) is 19.1 Å². The van der Waals surface area contributed by atoms with Gasteiger partial charge >= 0.3 is 11.7 Å². The van der Waals surface area contributed by atoms with Gasteiger partial charge in [-0.2, -0.15) is 0 Å². The Bertz CT molecular complexity index is 470. The van der Waals surface area contributed by atoms with Crippen LogP contribution in [-0.4, -0.2) is 28.4 Å². The van der Waals surface area contributed by atoms with Crippen LogP contribution in [0.4, 0.5) is 5.69 Å². The van der Waals surface area contributed by atoms with Gasteiger partial charge in [0.25, 0.3) is 0 Å². The van der Waals surface area contributed by atoms with Crippen LogP contribution in [0.3, 0.4) is 0 Å². The minimum atomic E-state index is -1.24. The minimum absolute atomic E-state index is 0.118. The topological polar surface area (TPSA) is 107 Å². The van der Waals surface area contributed by atoms with E-state index in [2.05, 4.69) is 0 Å². The first-order chi connectivity index (χ1) is 7.95. The molecule has 17 heavy (non-hydrogen) atoms. The van der Waals surface area contributed by atoms with Crippen molar-refractivity contribution in [2.75, 3.05) is 0 Å². The number of ether oxygens (including phenoxy) is 1. The van der Waals surface area contributed by atoms with Crippen molar-refractivity contribution in [3.63, 3.8) is 0 Å². The Morgan fingerprint density at radius 2 is 2.24 bits per heavy atom. The number of nitrogens with zero attached hydrogens (tertiary/aromatic N) is 1. The summed E-state index contributed by atoms with van der Waals surface area (Å²) in [6.45, 7) is 1.25. The Hall–Kier alpha value is -2.44. The van der Waals surface area contributed by atoms with Crippen molar-refractivity contribution >= 4 is 17.9 Å². The van der Waals surface area contributed by atoms with Crippen LogP contribution in [0.2, 0.25) is 0 Å². The van der Waals surface area contributed by atoms with Crippen molar-refractivity contribution in [1.29, 1.82) is 0 Å². The SMILES string of the molecule is CC(Oc1ccc(C=O)cc1[N+](=O)[O-])C(=O)O. The van der Waals surface area contributed by atoms with E-state index in [0.717, 1.165) is 6.07 Å². The zero-order valence-electron chi connectivity index (χ0n) is 8.82. The van der Waals surface area contributed by atoms with E-state index in [0.29, 0.717) is 6.29 Å². The van der Waals surface area contributed by atoms with E-state index in [1.807, 2.05) is 0 Å². The summed E-state index contributed by atoms with van der Waals surface area (Å²) in [5.41, 5.74) is -0.324. The van der Waals surface area contributed by atoms with Crippen LogP contribution in [0.1, 0.15) is 17.3 Å². The van der Waals surface area contributed by atoms with Gasteiger partial charge in [0.15, 0.2) is 11.9 Å². The third kappa shape index (κ3) is 3.00. The van der Waals surface area contributed by atoms with E-state index >= 15 is 0 Å². The molecule has 1 N–H and O–H groups in total. The van der Waals surface area contributed by atoms with Gasteiger partial charge in [0.1, 0.15) is 6.29 Å². The highest BCUT2D eigenvalue weighted by Crippen LogP contribution is 2.28. The second-order valence-corrected chi connectivity index (χ2v) is 3.20. The lowest BCUT2D eigenvalue weighted by atomic mass is 10.2. The van der Waals surface area contributed by atoms with Crippen LogP contribution >= 0.6 is 0 Å². The molecule has 0 aliphatic heterocycles. The van der Waals surface area contributed by atoms with Gasteiger partial charge in [0.2, 0.25) is 0 Å². The molecule has 0 radical (unpaired) electrons.